The molecule has 1 aliphatic carbocycles. The highest BCUT2D eigenvalue weighted by Gasteiger charge is 2.14. The molecular formula is C8H15N2O. The molecule has 1 saturated carbocycles. The molecule has 0 aromatic heterocycles. The molecule has 0 heterocycles. The zero-order valence-electron chi connectivity index (χ0n) is 6.68. The highest BCUT2D eigenvalue weighted by Crippen LogP contribution is 2.15. The summed E-state index contributed by atoms with van der Waals surface area (Å²) in [7, 11) is 0. The molecule has 3 N–H and O–H groups in total. The average molecular weight is 155 g/mol. The van der Waals surface area contributed by atoms with E-state index in [2.05, 4.69) is 11.7 Å². The van der Waals surface area contributed by atoms with Gasteiger partial charge in [0.1, 0.15) is 0 Å². The third-order valence-electron chi connectivity index (χ3n) is 1.96. The molecule has 1 aliphatic rings. The lowest BCUT2D eigenvalue weighted by atomic mass is 9.95. The molecule has 0 aromatic rings. The molecule has 1 fully saturated rings. The van der Waals surface area contributed by atoms with Gasteiger partial charge in [0.05, 0.1) is 6.54 Å². The second kappa shape index (κ2) is 4.34. The molecule has 1 rings (SSSR count). The first-order valence-corrected chi connectivity index (χ1v) is 4.14. The maximum Gasteiger partial charge on any atom is 0.233 e. The van der Waals surface area contributed by atoms with E-state index < -0.39 is 0 Å². The number of carbonyl (C=O) groups is 1. The van der Waals surface area contributed by atoms with Gasteiger partial charge >= 0.3 is 0 Å². The minimum Gasteiger partial charge on any atom is -0.352 e. The second-order valence-corrected chi connectivity index (χ2v) is 2.92. The van der Waals surface area contributed by atoms with Gasteiger partial charge in [0, 0.05) is 6.04 Å². The van der Waals surface area contributed by atoms with E-state index in [0.717, 1.165) is 12.8 Å². The van der Waals surface area contributed by atoms with Gasteiger partial charge in [-0.25, -0.2) is 0 Å². The maximum atomic E-state index is 10.8. The summed E-state index contributed by atoms with van der Waals surface area (Å²) in [4.78, 5) is 10.8. The van der Waals surface area contributed by atoms with Gasteiger partial charge in [-0.3, -0.25) is 4.79 Å². The minimum absolute atomic E-state index is 0.0368. The molecule has 0 aromatic carbocycles. The van der Waals surface area contributed by atoms with Crippen LogP contribution < -0.4 is 11.1 Å². The van der Waals surface area contributed by atoms with Gasteiger partial charge in [0.15, 0.2) is 0 Å². The Balaban J connectivity index is 2.19. The molecule has 3 nitrogen and oxygen atoms in total. The van der Waals surface area contributed by atoms with E-state index in [1.165, 1.54) is 12.8 Å². The lowest BCUT2D eigenvalue weighted by molar-refractivity contribution is -0.120. The van der Waals surface area contributed by atoms with Gasteiger partial charge in [-0.15, -0.1) is 0 Å². The minimum atomic E-state index is -0.0368. The largest absolute Gasteiger partial charge is 0.352 e. The predicted molar refractivity (Wildman–Crippen MR) is 43.8 cm³/mol. The van der Waals surface area contributed by atoms with Crippen molar-refractivity contribution in [3.05, 3.63) is 6.42 Å². The molecule has 63 valence electrons. The van der Waals surface area contributed by atoms with E-state index in [4.69, 9.17) is 5.73 Å². The fraction of sp³-hybridized carbons (Fsp3) is 0.750. The molecule has 1 radical (unpaired) electrons. The van der Waals surface area contributed by atoms with Crippen molar-refractivity contribution in [2.45, 2.75) is 31.7 Å². The number of carbonyl (C=O) groups excluding carboxylic acids is 1. The Morgan fingerprint density at radius 2 is 2.55 bits per heavy atom. The number of nitrogens with two attached hydrogens (primary N) is 1. The van der Waals surface area contributed by atoms with E-state index in [1.54, 1.807) is 0 Å². The summed E-state index contributed by atoms with van der Waals surface area (Å²) in [6.07, 6.45) is 6.71. The van der Waals surface area contributed by atoms with Crippen molar-refractivity contribution in [2.24, 2.45) is 5.73 Å². The van der Waals surface area contributed by atoms with Crippen LogP contribution in [0.15, 0.2) is 0 Å². The molecule has 0 saturated heterocycles. The Morgan fingerprint density at radius 1 is 1.73 bits per heavy atom. The van der Waals surface area contributed by atoms with E-state index in [9.17, 15) is 4.79 Å². The van der Waals surface area contributed by atoms with Crippen molar-refractivity contribution in [1.82, 2.24) is 5.32 Å². The third kappa shape index (κ3) is 2.89. The van der Waals surface area contributed by atoms with Crippen molar-refractivity contribution in [3.8, 4) is 0 Å². The Morgan fingerprint density at radius 3 is 3.09 bits per heavy atom. The van der Waals surface area contributed by atoms with Gasteiger partial charge in [-0.05, 0) is 19.3 Å². The van der Waals surface area contributed by atoms with Crippen molar-refractivity contribution in [2.75, 3.05) is 6.54 Å². The van der Waals surface area contributed by atoms with Gasteiger partial charge in [-0.1, -0.05) is 12.8 Å². The summed E-state index contributed by atoms with van der Waals surface area (Å²) < 4.78 is 0. The topological polar surface area (TPSA) is 55.1 Å². The van der Waals surface area contributed by atoms with Crippen molar-refractivity contribution < 1.29 is 4.79 Å². The predicted octanol–water partition coefficient (Wildman–Crippen LogP) is 0.208. The van der Waals surface area contributed by atoms with Crippen LogP contribution in [0.4, 0.5) is 0 Å². The summed E-state index contributed by atoms with van der Waals surface area (Å²) in [6, 6.07) is 0.347. The number of nitrogens with one attached hydrogen (secondary N) is 1. The van der Waals surface area contributed by atoms with Crippen LogP contribution >= 0.6 is 0 Å². The Kier molecular flexibility index (Phi) is 3.36. The van der Waals surface area contributed by atoms with Crippen LogP contribution in [0.5, 0.6) is 0 Å². The van der Waals surface area contributed by atoms with Crippen LogP contribution in [0.25, 0.3) is 0 Å². The van der Waals surface area contributed by atoms with E-state index in [1.807, 2.05) is 0 Å². The van der Waals surface area contributed by atoms with Crippen LogP contribution in [-0.4, -0.2) is 18.5 Å². The Labute approximate surface area is 67.3 Å². The van der Waals surface area contributed by atoms with Gasteiger partial charge in [-0.2, -0.15) is 0 Å². The van der Waals surface area contributed by atoms with E-state index >= 15 is 0 Å². The number of rotatable bonds is 2. The van der Waals surface area contributed by atoms with Crippen LogP contribution in [-0.2, 0) is 4.79 Å². The molecule has 3 heteroatoms. The van der Waals surface area contributed by atoms with Gasteiger partial charge in [0.25, 0.3) is 0 Å². The van der Waals surface area contributed by atoms with E-state index in [-0.39, 0.29) is 12.5 Å². The Hall–Kier alpha value is -0.570. The standard InChI is InChI=1S/C8H15N2O/c9-6-8(11)10-7-4-2-1-3-5-7/h2,7H,1,3-6,9H2,(H,10,11). The van der Waals surface area contributed by atoms with Crippen molar-refractivity contribution in [1.29, 1.82) is 0 Å². The smallest absolute Gasteiger partial charge is 0.233 e. The fourth-order valence-electron chi connectivity index (χ4n) is 1.36. The van der Waals surface area contributed by atoms with Crippen molar-refractivity contribution >= 4 is 5.91 Å². The van der Waals surface area contributed by atoms with Crippen LogP contribution in [0.3, 0.4) is 0 Å². The second-order valence-electron chi connectivity index (χ2n) is 2.92. The molecule has 0 spiro atoms. The maximum absolute atomic E-state index is 10.8. The quantitative estimate of drug-likeness (QED) is 0.599. The molecule has 1 amide bonds. The summed E-state index contributed by atoms with van der Waals surface area (Å²) in [5.41, 5.74) is 5.17. The van der Waals surface area contributed by atoms with E-state index in [0.29, 0.717) is 6.04 Å². The average Bonchev–Trinajstić information content (AvgIpc) is 2.06. The Bertz CT molecular complexity index is 130. The number of hydrogen-bond acceptors (Lipinski definition) is 2. The fourth-order valence-corrected chi connectivity index (χ4v) is 1.36. The molecule has 1 unspecified atom stereocenters. The highest BCUT2D eigenvalue weighted by atomic mass is 16.1. The first kappa shape index (κ1) is 8.53. The lowest BCUT2D eigenvalue weighted by Gasteiger charge is -2.22. The van der Waals surface area contributed by atoms with Gasteiger partial charge in [0.2, 0.25) is 5.91 Å². The molecule has 1 atom stereocenters. The normalized spacial score (nSPS) is 19.7. The summed E-state index contributed by atoms with van der Waals surface area (Å²) in [6.45, 7) is 0.108. The summed E-state index contributed by atoms with van der Waals surface area (Å²) in [5.74, 6) is -0.0368. The third-order valence-corrected chi connectivity index (χ3v) is 1.96. The van der Waals surface area contributed by atoms with Crippen LogP contribution in [0, 0.1) is 6.42 Å². The number of hydrogen-bond donors (Lipinski definition) is 2. The van der Waals surface area contributed by atoms with Crippen LogP contribution in [0.2, 0.25) is 0 Å². The molecule has 0 aliphatic heterocycles. The zero-order chi connectivity index (χ0) is 8.10. The lowest BCUT2D eigenvalue weighted by Crippen LogP contribution is -2.39. The van der Waals surface area contributed by atoms with Crippen molar-refractivity contribution in [3.63, 3.8) is 0 Å². The molecular weight excluding hydrogens is 140 g/mol. The summed E-state index contributed by atoms with van der Waals surface area (Å²) in [5, 5.41) is 2.87. The zero-order valence-corrected chi connectivity index (χ0v) is 6.68. The number of amides is 1. The molecule has 11 heavy (non-hydrogen) atoms. The first-order chi connectivity index (χ1) is 5.33. The van der Waals surface area contributed by atoms with Gasteiger partial charge < -0.3 is 11.1 Å². The summed E-state index contributed by atoms with van der Waals surface area (Å²) >= 11 is 0. The highest BCUT2D eigenvalue weighted by molar-refractivity contribution is 5.78. The molecule has 0 bridgehead atoms. The first-order valence-electron chi connectivity index (χ1n) is 4.14. The monoisotopic (exact) mass is 155 g/mol. The van der Waals surface area contributed by atoms with Crippen LogP contribution in [0.1, 0.15) is 25.7 Å². The SMILES string of the molecule is NCC(=O)NC1C[CH]CCC1.